The van der Waals surface area contributed by atoms with Gasteiger partial charge in [-0.05, 0) is 40.5 Å². The van der Waals surface area contributed by atoms with Gasteiger partial charge in [-0.15, -0.1) is 0 Å². The smallest absolute Gasteiger partial charge is 0.119 e. The predicted molar refractivity (Wildman–Crippen MR) is 83.2 cm³/mol. The van der Waals surface area contributed by atoms with E-state index < -0.39 is 0 Å². The van der Waals surface area contributed by atoms with Crippen LogP contribution in [0.3, 0.4) is 0 Å². The second kappa shape index (κ2) is 7.27. The summed E-state index contributed by atoms with van der Waals surface area (Å²) in [5.74, 6) is 1.43. The molecule has 0 spiro atoms. The number of nitrogens with one attached hydrogen (secondary N) is 1. The van der Waals surface area contributed by atoms with E-state index in [0.29, 0.717) is 5.92 Å². The number of hydrogen-bond donors (Lipinski definition) is 1. The van der Waals surface area contributed by atoms with Gasteiger partial charge in [0.15, 0.2) is 0 Å². The van der Waals surface area contributed by atoms with E-state index >= 15 is 0 Å². The molecule has 0 saturated heterocycles. The van der Waals surface area contributed by atoms with Crippen LogP contribution in [0.2, 0.25) is 0 Å². The van der Waals surface area contributed by atoms with Gasteiger partial charge in [0.25, 0.3) is 0 Å². The molecule has 0 aliphatic rings. The van der Waals surface area contributed by atoms with Crippen LogP contribution in [-0.4, -0.2) is 27.4 Å². The Balaban J connectivity index is 1.97. The fourth-order valence-corrected chi connectivity index (χ4v) is 2.32. The first-order valence-corrected chi connectivity index (χ1v) is 6.99. The average Bonchev–Trinajstić information content (AvgIpc) is 2.47. The first-order chi connectivity index (χ1) is 9.72. The van der Waals surface area contributed by atoms with Gasteiger partial charge in [-0.2, -0.15) is 0 Å². The topological polar surface area (TPSA) is 30.5 Å². The van der Waals surface area contributed by atoms with Crippen molar-refractivity contribution in [1.82, 2.24) is 5.32 Å². The minimum Gasteiger partial charge on any atom is -0.497 e. The summed E-state index contributed by atoms with van der Waals surface area (Å²) in [7, 11) is 3.44. The van der Waals surface area contributed by atoms with E-state index in [1.54, 1.807) is 14.2 Å². The van der Waals surface area contributed by atoms with Crippen LogP contribution in [0.25, 0.3) is 10.8 Å². The van der Waals surface area contributed by atoms with Crippen LogP contribution < -0.4 is 10.1 Å². The fourth-order valence-electron chi connectivity index (χ4n) is 2.32. The highest BCUT2D eigenvalue weighted by molar-refractivity contribution is 5.84. The lowest BCUT2D eigenvalue weighted by Crippen LogP contribution is -2.23. The minimum atomic E-state index is 0.532. The first kappa shape index (κ1) is 14.8. The molecular formula is C17H23NO2. The Labute approximate surface area is 120 Å². The molecule has 0 amide bonds. The summed E-state index contributed by atoms with van der Waals surface area (Å²) in [4.78, 5) is 0. The van der Waals surface area contributed by atoms with Crippen LogP contribution >= 0.6 is 0 Å². The van der Waals surface area contributed by atoms with Crippen molar-refractivity contribution in [3.63, 3.8) is 0 Å². The predicted octanol–water partition coefficient (Wildman–Crippen LogP) is 3.22. The molecule has 0 aliphatic carbocycles. The molecule has 0 heterocycles. The molecule has 0 bridgehead atoms. The zero-order valence-electron chi connectivity index (χ0n) is 12.5. The Hall–Kier alpha value is -1.58. The lowest BCUT2D eigenvalue weighted by atomic mass is 10.1. The molecule has 0 radical (unpaired) electrons. The van der Waals surface area contributed by atoms with Crippen molar-refractivity contribution in [3.8, 4) is 5.75 Å². The number of fused-ring (bicyclic) bond motifs is 1. The standard InChI is InChI=1S/C17H23NO2/c1-13(12-19-2)10-18-11-14-4-5-16-9-17(20-3)7-6-15(16)8-14/h4-9,13,18H,10-12H2,1-3H3. The largest absolute Gasteiger partial charge is 0.497 e. The van der Waals surface area contributed by atoms with Crippen LogP contribution in [-0.2, 0) is 11.3 Å². The molecule has 0 saturated carbocycles. The Morgan fingerprint density at radius 3 is 2.55 bits per heavy atom. The number of hydrogen-bond acceptors (Lipinski definition) is 3. The van der Waals surface area contributed by atoms with Gasteiger partial charge in [-0.25, -0.2) is 0 Å². The van der Waals surface area contributed by atoms with Crippen LogP contribution in [0.5, 0.6) is 5.75 Å². The molecule has 2 aromatic carbocycles. The highest BCUT2D eigenvalue weighted by atomic mass is 16.5. The third-order valence-corrected chi connectivity index (χ3v) is 3.38. The highest BCUT2D eigenvalue weighted by Gasteiger charge is 2.02. The lowest BCUT2D eigenvalue weighted by Gasteiger charge is -2.12. The number of ether oxygens (including phenoxy) is 2. The van der Waals surface area contributed by atoms with Crippen molar-refractivity contribution in [3.05, 3.63) is 42.0 Å². The summed E-state index contributed by atoms with van der Waals surface area (Å²) >= 11 is 0. The Bertz CT molecular complexity index is 554. The molecule has 2 aromatic rings. The zero-order chi connectivity index (χ0) is 14.4. The van der Waals surface area contributed by atoms with E-state index in [4.69, 9.17) is 9.47 Å². The molecule has 108 valence electrons. The molecule has 0 fully saturated rings. The Morgan fingerprint density at radius 2 is 1.80 bits per heavy atom. The summed E-state index contributed by atoms with van der Waals surface area (Å²) in [6, 6.07) is 12.7. The molecule has 1 atom stereocenters. The van der Waals surface area contributed by atoms with E-state index in [2.05, 4.69) is 42.6 Å². The van der Waals surface area contributed by atoms with Gasteiger partial charge in [0.2, 0.25) is 0 Å². The summed E-state index contributed by atoms with van der Waals surface area (Å²) in [6.45, 7) is 4.83. The molecular weight excluding hydrogens is 250 g/mol. The number of methoxy groups -OCH3 is 2. The van der Waals surface area contributed by atoms with Crippen molar-refractivity contribution < 1.29 is 9.47 Å². The van der Waals surface area contributed by atoms with Crippen LogP contribution in [0.15, 0.2) is 36.4 Å². The van der Waals surface area contributed by atoms with Gasteiger partial charge in [0, 0.05) is 26.8 Å². The monoisotopic (exact) mass is 273 g/mol. The van der Waals surface area contributed by atoms with Gasteiger partial charge in [0.1, 0.15) is 5.75 Å². The van der Waals surface area contributed by atoms with E-state index in [0.717, 1.165) is 25.4 Å². The second-order valence-electron chi connectivity index (χ2n) is 5.24. The van der Waals surface area contributed by atoms with Gasteiger partial charge < -0.3 is 14.8 Å². The van der Waals surface area contributed by atoms with Gasteiger partial charge in [-0.1, -0.05) is 25.1 Å². The maximum absolute atomic E-state index is 5.24. The third kappa shape index (κ3) is 3.95. The van der Waals surface area contributed by atoms with Crippen molar-refractivity contribution in [2.24, 2.45) is 5.92 Å². The van der Waals surface area contributed by atoms with Gasteiger partial charge in [0.05, 0.1) is 7.11 Å². The second-order valence-corrected chi connectivity index (χ2v) is 5.24. The van der Waals surface area contributed by atoms with Crippen LogP contribution in [0.4, 0.5) is 0 Å². The summed E-state index contributed by atoms with van der Waals surface area (Å²) in [5, 5.41) is 5.92. The maximum Gasteiger partial charge on any atom is 0.119 e. The van der Waals surface area contributed by atoms with E-state index in [1.807, 2.05) is 6.07 Å². The van der Waals surface area contributed by atoms with Crippen LogP contribution in [0.1, 0.15) is 12.5 Å². The van der Waals surface area contributed by atoms with Crippen molar-refractivity contribution in [2.75, 3.05) is 27.4 Å². The Morgan fingerprint density at radius 1 is 1.05 bits per heavy atom. The number of rotatable bonds is 7. The number of benzene rings is 2. The first-order valence-electron chi connectivity index (χ1n) is 6.99. The molecule has 0 aromatic heterocycles. The molecule has 1 N–H and O–H groups in total. The van der Waals surface area contributed by atoms with E-state index in [1.165, 1.54) is 16.3 Å². The van der Waals surface area contributed by atoms with Gasteiger partial charge >= 0.3 is 0 Å². The Kier molecular flexibility index (Phi) is 5.39. The highest BCUT2D eigenvalue weighted by Crippen LogP contribution is 2.21. The van der Waals surface area contributed by atoms with E-state index in [9.17, 15) is 0 Å². The molecule has 3 heteroatoms. The van der Waals surface area contributed by atoms with Gasteiger partial charge in [-0.3, -0.25) is 0 Å². The summed E-state index contributed by atoms with van der Waals surface area (Å²) < 4.78 is 10.4. The van der Waals surface area contributed by atoms with Crippen LogP contribution in [0, 0.1) is 5.92 Å². The quantitative estimate of drug-likeness (QED) is 0.840. The third-order valence-electron chi connectivity index (χ3n) is 3.38. The lowest BCUT2D eigenvalue weighted by molar-refractivity contribution is 0.158. The minimum absolute atomic E-state index is 0.532. The summed E-state index contributed by atoms with van der Waals surface area (Å²) in [6.07, 6.45) is 0. The zero-order valence-corrected chi connectivity index (χ0v) is 12.5. The molecule has 0 aliphatic heterocycles. The molecule has 20 heavy (non-hydrogen) atoms. The normalized spacial score (nSPS) is 12.6. The maximum atomic E-state index is 5.24. The average molecular weight is 273 g/mol. The molecule has 1 unspecified atom stereocenters. The van der Waals surface area contributed by atoms with Crippen molar-refractivity contribution in [1.29, 1.82) is 0 Å². The molecule has 3 nitrogen and oxygen atoms in total. The fraction of sp³-hybridized carbons (Fsp3) is 0.412. The molecule has 2 rings (SSSR count). The summed E-state index contributed by atoms with van der Waals surface area (Å²) in [5.41, 5.74) is 1.30. The van der Waals surface area contributed by atoms with E-state index in [-0.39, 0.29) is 0 Å². The van der Waals surface area contributed by atoms with Crippen molar-refractivity contribution >= 4 is 10.8 Å². The van der Waals surface area contributed by atoms with Crippen molar-refractivity contribution in [2.45, 2.75) is 13.5 Å². The SMILES string of the molecule is COCC(C)CNCc1ccc2cc(OC)ccc2c1.